The molecule has 110 valence electrons. The van der Waals surface area contributed by atoms with E-state index in [1.807, 2.05) is 0 Å². The zero-order chi connectivity index (χ0) is 14.4. The largest absolute Gasteiger partial charge is 0.354 e. The van der Waals surface area contributed by atoms with Crippen molar-refractivity contribution < 1.29 is 4.79 Å². The van der Waals surface area contributed by atoms with E-state index in [4.69, 9.17) is 0 Å². The number of carbonyl (C=O) groups excluding carboxylic acids is 1. The van der Waals surface area contributed by atoms with Crippen LogP contribution in [-0.4, -0.2) is 24.5 Å². The van der Waals surface area contributed by atoms with Crippen LogP contribution in [0.25, 0.3) is 0 Å². The Balaban J connectivity index is 1.67. The summed E-state index contributed by atoms with van der Waals surface area (Å²) in [4.78, 5) is 11.9. The summed E-state index contributed by atoms with van der Waals surface area (Å²) in [6.07, 6.45) is 4.91. The van der Waals surface area contributed by atoms with E-state index in [0.29, 0.717) is 12.5 Å². The number of rotatable bonds is 6. The second-order valence-corrected chi connectivity index (χ2v) is 6.55. The van der Waals surface area contributed by atoms with Crippen molar-refractivity contribution in [3.05, 3.63) is 34.3 Å². The molecule has 0 radical (unpaired) electrons. The number of hydrogen-bond acceptors (Lipinski definition) is 2. The number of halogens is 1. The van der Waals surface area contributed by atoms with E-state index in [1.165, 1.54) is 12.0 Å². The summed E-state index contributed by atoms with van der Waals surface area (Å²) in [5.41, 5.74) is 1.31. The van der Waals surface area contributed by atoms with E-state index in [2.05, 4.69) is 57.8 Å². The topological polar surface area (TPSA) is 41.1 Å². The fraction of sp³-hybridized carbons (Fsp3) is 0.562. The Morgan fingerprint density at radius 3 is 2.85 bits per heavy atom. The van der Waals surface area contributed by atoms with Crippen LogP contribution in [0.2, 0.25) is 0 Å². The molecule has 0 saturated carbocycles. The first-order valence-electron chi connectivity index (χ1n) is 7.40. The quantitative estimate of drug-likeness (QED) is 0.836. The van der Waals surface area contributed by atoms with Gasteiger partial charge in [0, 0.05) is 23.0 Å². The van der Waals surface area contributed by atoms with Crippen molar-refractivity contribution in [1.29, 1.82) is 0 Å². The molecule has 1 saturated heterocycles. The predicted molar refractivity (Wildman–Crippen MR) is 85.7 cm³/mol. The van der Waals surface area contributed by atoms with E-state index in [9.17, 15) is 4.79 Å². The number of aryl methyl sites for hydroxylation is 1. The minimum atomic E-state index is 0.174. The Morgan fingerprint density at radius 2 is 2.20 bits per heavy atom. The number of amides is 1. The van der Waals surface area contributed by atoms with Gasteiger partial charge in [0.2, 0.25) is 5.91 Å². The predicted octanol–water partition coefficient (Wildman–Crippen LogP) is 3.03. The van der Waals surface area contributed by atoms with Gasteiger partial charge in [0.15, 0.2) is 0 Å². The molecule has 1 aliphatic rings. The second-order valence-electron chi connectivity index (χ2n) is 5.63. The fourth-order valence-electron chi connectivity index (χ4n) is 2.59. The van der Waals surface area contributed by atoms with E-state index >= 15 is 0 Å². The van der Waals surface area contributed by atoms with E-state index in [1.54, 1.807) is 0 Å². The summed E-state index contributed by atoms with van der Waals surface area (Å²) >= 11 is 3.44. The van der Waals surface area contributed by atoms with Gasteiger partial charge in [-0.05, 0) is 56.8 Å². The molecule has 0 aliphatic carbocycles. The average molecular weight is 339 g/mol. The molecule has 20 heavy (non-hydrogen) atoms. The number of nitrogens with one attached hydrogen (secondary N) is 2. The summed E-state index contributed by atoms with van der Waals surface area (Å²) in [5, 5.41) is 6.46. The molecule has 0 bridgehead atoms. The van der Waals surface area contributed by atoms with Gasteiger partial charge in [0.25, 0.3) is 0 Å². The summed E-state index contributed by atoms with van der Waals surface area (Å²) in [6, 6.07) is 8.98. The van der Waals surface area contributed by atoms with Gasteiger partial charge in [0.1, 0.15) is 0 Å². The molecule has 2 N–H and O–H groups in total. The van der Waals surface area contributed by atoms with Crippen LogP contribution >= 0.6 is 15.9 Å². The first-order valence-corrected chi connectivity index (χ1v) is 8.20. The van der Waals surface area contributed by atoms with Crippen molar-refractivity contribution in [2.75, 3.05) is 6.54 Å². The highest BCUT2D eigenvalue weighted by Gasteiger charge is 2.18. The van der Waals surface area contributed by atoms with Gasteiger partial charge < -0.3 is 10.6 Å². The van der Waals surface area contributed by atoms with E-state index in [0.717, 1.165) is 30.3 Å². The molecule has 0 spiro atoms. The Hall–Kier alpha value is -0.870. The van der Waals surface area contributed by atoms with Crippen molar-refractivity contribution in [3.8, 4) is 0 Å². The van der Waals surface area contributed by atoms with E-state index < -0.39 is 0 Å². The lowest BCUT2D eigenvalue weighted by Crippen LogP contribution is -2.37. The van der Waals surface area contributed by atoms with Gasteiger partial charge in [0.05, 0.1) is 0 Å². The van der Waals surface area contributed by atoms with Crippen molar-refractivity contribution in [3.63, 3.8) is 0 Å². The third-order valence-corrected chi connectivity index (χ3v) is 4.31. The molecule has 1 aliphatic heterocycles. The van der Waals surface area contributed by atoms with Crippen LogP contribution in [0.3, 0.4) is 0 Å². The number of carbonyl (C=O) groups is 1. The minimum Gasteiger partial charge on any atom is -0.354 e. The van der Waals surface area contributed by atoms with Gasteiger partial charge in [-0.1, -0.05) is 28.1 Å². The third kappa shape index (κ3) is 5.25. The maximum absolute atomic E-state index is 11.9. The normalized spacial score (nSPS) is 19.8. The second kappa shape index (κ2) is 7.79. The monoisotopic (exact) mass is 338 g/mol. The molecule has 1 fully saturated rings. The smallest absolute Gasteiger partial charge is 0.221 e. The van der Waals surface area contributed by atoms with Gasteiger partial charge in [-0.15, -0.1) is 0 Å². The molecule has 1 amide bonds. The first kappa shape index (κ1) is 15.5. The molecule has 2 unspecified atom stereocenters. The maximum atomic E-state index is 11.9. The van der Waals surface area contributed by atoms with Crippen LogP contribution in [0.1, 0.15) is 38.2 Å². The minimum absolute atomic E-state index is 0.174. The van der Waals surface area contributed by atoms with Crippen molar-refractivity contribution in [2.45, 2.75) is 51.1 Å². The van der Waals surface area contributed by atoms with E-state index in [-0.39, 0.29) is 11.9 Å². The average Bonchev–Trinajstić information content (AvgIpc) is 2.90. The van der Waals surface area contributed by atoms with Crippen LogP contribution < -0.4 is 10.6 Å². The number of benzene rings is 1. The molecule has 2 atom stereocenters. The molecule has 4 heteroatoms. The van der Waals surface area contributed by atoms with Crippen molar-refractivity contribution in [1.82, 2.24) is 10.6 Å². The highest BCUT2D eigenvalue weighted by Crippen LogP contribution is 2.13. The van der Waals surface area contributed by atoms with Crippen molar-refractivity contribution in [2.24, 2.45) is 0 Å². The Kier molecular flexibility index (Phi) is 6.05. The van der Waals surface area contributed by atoms with Gasteiger partial charge in [-0.2, -0.15) is 0 Å². The standard InChI is InChI=1S/C16H23BrN2O/c1-12(4-5-13-6-8-14(17)9-7-13)19-16(20)11-15-3-2-10-18-15/h6-9,12,15,18H,2-5,10-11H2,1H3,(H,19,20). The zero-order valence-electron chi connectivity index (χ0n) is 12.0. The molecule has 1 aromatic carbocycles. The lowest BCUT2D eigenvalue weighted by molar-refractivity contribution is -0.122. The molecular formula is C16H23BrN2O. The summed E-state index contributed by atoms with van der Waals surface area (Å²) in [5.74, 6) is 0.174. The lowest BCUT2D eigenvalue weighted by atomic mass is 10.1. The molecule has 0 aromatic heterocycles. The highest BCUT2D eigenvalue weighted by molar-refractivity contribution is 9.10. The van der Waals surface area contributed by atoms with Crippen molar-refractivity contribution >= 4 is 21.8 Å². The third-order valence-electron chi connectivity index (χ3n) is 3.78. The lowest BCUT2D eigenvalue weighted by Gasteiger charge is -2.16. The Labute approximate surface area is 129 Å². The molecule has 1 aromatic rings. The van der Waals surface area contributed by atoms with Crippen LogP contribution in [0.15, 0.2) is 28.7 Å². The molecule has 2 rings (SSSR count). The van der Waals surface area contributed by atoms with Crippen LogP contribution in [0.5, 0.6) is 0 Å². The van der Waals surface area contributed by atoms with Gasteiger partial charge in [-0.25, -0.2) is 0 Å². The molecule has 3 nitrogen and oxygen atoms in total. The summed E-state index contributed by atoms with van der Waals surface area (Å²) in [7, 11) is 0. The van der Waals surface area contributed by atoms with Crippen LogP contribution in [-0.2, 0) is 11.2 Å². The SMILES string of the molecule is CC(CCc1ccc(Br)cc1)NC(=O)CC1CCCN1. The Morgan fingerprint density at radius 1 is 1.45 bits per heavy atom. The Bertz CT molecular complexity index is 427. The summed E-state index contributed by atoms with van der Waals surface area (Å²) in [6.45, 7) is 3.13. The maximum Gasteiger partial charge on any atom is 0.221 e. The first-order chi connectivity index (χ1) is 9.63. The zero-order valence-corrected chi connectivity index (χ0v) is 13.6. The summed E-state index contributed by atoms with van der Waals surface area (Å²) < 4.78 is 1.10. The molecular weight excluding hydrogens is 316 g/mol. The van der Waals surface area contributed by atoms with Crippen LogP contribution in [0, 0.1) is 0 Å². The van der Waals surface area contributed by atoms with Gasteiger partial charge in [-0.3, -0.25) is 4.79 Å². The fourth-order valence-corrected chi connectivity index (χ4v) is 2.86. The molecule has 1 heterocycles. The van der Waals surface area contributed by atoms with Crippen LogP contribution in [0.4, 0.5) is 0 Å². The number of hydrogen-bond donors (Lipinski definition) is 2. The highest BCUT2D eigenvalue weighted by atomic mass is 79.9. The van der Waals surface area contributed by atoms with Gasteiger partial charge >= 0.3 is 0 Å².